The van der Waals surface area contributed by atoms with Gasteiger partial charge in [0.15, 0.2) is 0 Å². The molecule has 94 valence electrons. The van der Waals surface area contributed by atoms with Crippen LogP contribution in [0.4, 0.5) is 0 Å². The van der Waals surface area contributed by atoms with Crippen LogP contribution in [0.1, 0.15) is 30.9 Å². The van der Waals surface area contributed by atoms with Gasteiger partial charge >= 0.3 is 0 Å². The van der Waals surface area contributed by atoms with Gasteiger partial charge in [0.25, 0.3) is 0 Å². The molecule has 18 heavy (non-hydrogen) atoms. The van der Waals surface area contributed by atoms with E-state index in [-0.39, 0.29) is 5.75 Å². The molecule has 0 atom stereocenters. The third-order valence-corrected chi connectivity index (χ3v) is 4.26. The van der Waals surface area contributed by atoms with Gasteiger partial charge in [0.2, 0.25) is 0 Å². The van der Waals surface area contributed by atoms with Gasteiger partial charge in [-0.2, -0.15) is 0 Å². The highest BCUT2D eigenvalue weighted by atomic mass is 79.9. The van der Waals surface area contributed by atoms with Gasteiger partial charge in [0.05, 0.1) is 4.47 Å². The van der Waals surface area contributed by atoms with Crippen molar-refractivity contribution in [3.05, 3.63) is 52.0 Å². The predicted molar refractivity (Wildman–Crippen MR) is 80.1 cm³/mol. The molecule has 0 amide bonds. The van der Waals surface area contributed by atoms with Gasteiger partial charge in [-0.3, -0.25) is 0 Å². The molecule has 0 unspecified atom stereocenters. The molecule has 0 saturated heterocycles. The first-order chi connectivity index (χ1) is 8.50. The summed E-state index contributed by atoms with van der Waals surface area (Å²) in [7, 11) is 0. The molecule has 0 aliphatic heterocycles. The Balaban J connectivity index is 2.46. The number of phenols is 1. The summed E-state index contributed by atoms with van der Waals surface area (Å²) in [5, 5.41) is 9.64. The zero-order valence-electron chi connectivity index (χ0n) is 10.9. The highest BCUT2D eigenvalue weighted by Crippen LogP contribution is 2.35. The van der Waals surface area contributed by atoms with E-state index < -0.39 is 0 Å². The highest BCUT2D eigenvalue weighted by molar-refractivity contribution is 9.10. The summed E-state index contributed by atoms with van der Waals surface area (Å²) in [6, 6.07) is 12.3. The van der Waals surface area contributed by atoms with Crippen LogP contribution >= 0.6 is 15.9 Å². The van der Waals surface area contributed by atoms with Crippen molar-refractivity contribution < 1.29 is 5.11 Å². The number of hydrogen-bond donors (Lipinski definition) is 1. The Hall–Kier alpha value is -1.28. The van der Waals surface area contributed by atoms with Crippen molar-refractivity contribution in [2.75, 3.05) is 0 Å². The van der Waals surface area contributed by atoms with Crippen molar-refractivity contribution in [1.29, 1.82) is 0 Å². The minimum Gasteiger partial charge on any atom is -0.507 e. The van der Waals surface area contributed by atoms with Crippen LogP contribution < -0.4 is 0 Å². The minimum atomic E-state index is 0.287. The van der Waals surface area contributed by atoms with Crippen LogP contribution in [-0.4, -0.2) is 5.11 Å². The van der Waals surface area contributed by atoms with Gasteiger partial charge in [-0.1, -0.05) is 44.2 Å². The molecule has 0 spiro atoms. The highest BCUT2D eigenvalue weighted by Gasteiger charge is 2.08. The van der Waals surface area contributed by atoms with Gasteiger partial charge in [0, 0.05) is 0 Å². The fourth-order valence-corrected chi connectivity index (χ4v) is 2.38. The van der Waals surface area contributed by atoms with E-state index in [0.29, 0.717) is 5.92 Å². The van der Waals surface area contributed by atoms with E-state index in [1.807, 2.05) is 13.0 Å². The lowest BCUT2D eigenvalue weighted by atomic mass is 9.96. The van der Waals surface area contributed by atoms with Crippen molar-refractivity contribution in [3.8, 4) is 16.9 Å². The third kappa shape index (κ3) is 2.44. The van der Waals surface area contributed by atoms with Crippen LogP contribution in [0.5, 0.6) is 5.75 Å². The molecule has 2 aromatic rings. The molecule has 0 saturated carbocycles. The Bertz CT molecular complexity index is 556. The number of halogens is 1. The SMILES string of the molecule is Cc1c(-c2ccc(C(C)C)cc2)ccc(O)c1Br. The molecule has 0 fully saturated rings. The second-order valence-corrected chi connectivity index (χ2v) is 5.64. The quantitative estimate of drug-likeness (QED) is 0.803. The van der Waals surface area contributed by atoms with Crippen LogP contribution in [0.15, 0.2) is 40.9 Å². The van der Waals surface area contributed by atoms with Crippen molar-refractivity contribution in [1.82, 2.24) is 0 Å². The number of benzene rings is 2. The Morgan fingerprint density at radius 1 is 1.00 bits per heavy atom. The zero-order valence-corrected chi connectivity index (χ0v) is 12.5. The van der Waals surface area contributed by atoms with Crippen molar-refractivity contribution >= 4 is 15.9 Å². The monoisotopic (exact) mass is 304 g/mol. The van der Waals surface area contributed by atoms with Gasteiger partial charge < -0.3 is 5.11 Å². The van der Waals surface area contributed by atoms with Crippen LogP contribution in [0.2, 0.25) is 0 Å². The lowest BCUT2D eigenvalue weighted by Gasteiger charge is -2.11. The molecule has 0 bridgehead atoms. The molecule has 2 heteroatoms. The number of aromatic hydroxyl groups is 1. The summed E-state index contributed by atoms with van der Waals surface area (Å²) in [5.74, 6) is 0.835. The van der Waals surface area contributed by atoms with Gasteiger partial charge in [0.1, 0.15) is 5.75 Å². The van der Waals surface area contributed by atoms with E-state index in [2.05, 4.69) is 54.0 Å². The molecule has 0 aromatic heterocycles. The molecule has 0 aliphatic carbocycles. The van der Waals surface area contributed by atoms with Crippen LogP contribution in [0.25, 0.3) is 11.1 Å². The lowest BCUT2D eigenvalue weighted by molar-refractivity contribution is 0.471. The van der Waals surface area contributed by atoms with E-state index in [4.69, 9.17) is 0 Å². The minimum absolute atomic E-state index is 0.287. The maximum atomic E-state index is 9.64. The maximum absolute atomic E-state index is 9.64. The Labute approximate surface area is 117 Å². The first kappa shape index (κ1) is 13.2. The number of rotatable bonds is 2. The molecule has 1 N–H and O–H groups in total. The van der Waals surface area contributed by atoms with E-state index in [0.717, 1.165) is 15.6 Å². The van der Waals surface area contributed by atoms with E-state index >= 15 is 0 Å². The standard InChI is InChI=1S/C16H17BrO/c1-10(2)12-4-6-13(7-5-12)14-8-9-15(18)16(17)11(14)3/h4-10,18H,1-3H3. The molecular weight excluding hydrogens is 288 g/mol. The fourth-order valence-electron chi connectivity index (χ4n) is 2.03. The molecule has 1 nitrogen and oxygen atoms in total. The van der Waals surface area contributed by atoms with Crippen LogP contribution in [0.3, 0.4) is 0 Å². The third-order valence-electron chi connectivity index (χ3n) is 3.25. The second kappa shape index (κ2) is 5.15. The molecule has 0 heterocycles. The van der Waals surface area contributed by atoms with Crippen molar-refractivity contribution in [3.63, 3.8) is 0 Å². The summed E-state index contributed by atoms with van der Waals surface area (Å²) in [6.07, 6.45) is 0. The van der Waals surface area contributed by atoms with Gasteiger partial charge in [-0.05, 0) is 57.1 Å². The maximum Gasteiger partial charge on any atom is 0.130 e. The largest absolute Gasteiger partial charge is 0.507 e. The topological polar surface area (TPSA) is 20.2 Å². The lowest BCUT2D eigenvalue weighted by Crippen LogP contribution is -1.89. The fraction of sp³-hybridized carbons (Fsp3) is 0.250. The van der Waals surface area contributed by atoms with Crippen LogP contribution in [0, 0.1) is 6.92 Å². The summed E-state index contributed by atoms with van der Waals surface area (Å²) < 4.78 is 0.771. The smallest absolute Gasteiger partial charge is 0.130 e. The molecule has 2 rings (SSSR count). The van der Waals surface area contributed by atoms with Crippen LogP contribution in [-0.2, 0) is 0 Å². The van der Waals surface area contributed by atoms with E-state index in [9.17, 15) is 5.11 Å². The summed E-state index contributed by atoms with van der Waals surface area (Å²) in [4.78, 5) is 0. The molecular formula is C16H17BrO. The zero-order chi connectivity index (χ0) is 13.3. The first-order valence-electron chi connectivity index (χ1n) is 6.09. The summed E-state index contributed by atoms with van der Waals surface area (Å²) in [5.41, 5.74) is 4.73. The number of hydrogen-bond acceptors (Lipinski definition) is 1. The second-order valence-electron chi connectivity index (χ2n) is 4.85. The normalized spacial score (nSPS) is 10.9. The van der Waals surface area contributed by atoms with E-state index in [1.54, 1.807) is 6.07 Å². The average Bonchev–Trinajstić information content (AvgIpc) is 2.36. The van der Waals surface area contributed by atoms with Crippen molar-refractivity contribution in [2.45, 2.75) is 26.7 Å². The Kier molecular flexibility index (Phi) is 3.76. The average molecular weight is 305 g/mol. The predicted octanol–water partition coefficient (Wildman–Crippen LogP) is 5.25. The Morgan fingerprint density at radius 2 is 1.61 bits per heavy atom. The summed E-state index contributed by atoms with van der Waals surface area (Å²) in [6.45, 7) is 6.39. The molecule has 0 radical (unpaired) electrons. The van der Waals surface area contributed by atoms with Crippen molar-refractivity contribution in [2.24, 2.45) is 0 Å². The molecule has 0 aliphatic rings. The number of phenolic OH excluding ortho intramolecular Hbond substituents is 1. The van der Waals surface area contributed by atoms with Gasteiger partial charge in [-0.15, -0.1) is 0 Å². The van der Waals surface area contributed by atoms with E-state index in [1.165, 1.54) is 11.1 Å². The summed E-state index contributed by atoms with van der Waals surface area (Å²) >= 11 is 3.41. The van der Waals surface area contributed by atoms with Gasteiger partial charge in [-0.25, -0.2) is 0 Å². The Morgan fingerprint density at radius 3 is 2.17 bits per heavy atom. The molecule has 2 aromatic carbocycles. The first-order valence-corrected chi connectivity index (χ1v) is 6.88.